The van der Waals surface area contributed by atoms with Gasteiger partial charge >= 0.3 is 12.6 Å². The van der Waals surface area contributed by atoms with Crippen molar-refractivity contribution in [3.8, 4) is 11.5 Å². The van der Waals surface area contributed by atoms with E-state index in [2.05, 4.69) is 10.1 Å². The Bertz CT molecular complexity index is 750. The van der Waals surface area contributed by atoms with Crippen LogP contribution >= 0.6 is 0 Å². The van der Waals surface area contributed by atoms with Gasteiger partial charge in [0.2, 0.25) is 0 Å². The molecule has 0 spiro atoms. The van der Waals surface area contributed by atoms with Crippen molar-refractivity contribution in [2.75, 3.05) is 13.2 Å². The number of halogens is 2. The number of phenols is 1. The van der Waals surface area contributed by atoms with Gasteiger partial charge in [-0.25, -0.2) is 4.79 Å². The smallest absolute Gasteiger partial charge is 0.387 e. The fraction of sp³-hybridized carbons (Fsp3) is 0.222. The minimum Gasteiger partial charge on any atom is -0.508 e. The van der Waals surface area contributed by atoms with E-state index in [1.165, 1.54) is 36.4 Å². The van der Waals surface area contributed by atoms with Crippen LogP contribution in [0.15, 0.2) is 48.5 Å². The number of nitrogens with one attached hydrogen (secondary N) is 1. The van der Waals surface area contributed by atoms with Gasteiger partial charge in [0.05, 0.1) is 5.56 Å². The van der Waals surface area contributed by atoms with Crippen molar-refractivity contribution >= 4 is 11.9 Å². The van der Waals surface area contributed by atoms with E-state index in [0.717, 1.165) is 5.56 Å². The molecule has 2 rings (SSSR count). The fourth-order valence-corrected chi connectivity index (χ4v) is 2.08. The summed E-state index contributed by atoms with van der Waals surface area (Å²) in [5, 5.41) is 11.9. The largest absolute Gasteiger partial charge is 0.508 e. The molecule has 6 nitrogen and oxygen atoms in total. The molecule has 2 aromatic carbocycles. The minimum absolute atomic E-state index is 0.0617. The molecule has 138 valence electrons. The first kappa shape index (κ1) is 19.2. The molecule has 0 heterocycles. The van der Waals surface area contributed by atoms with Crippen LogP contribution < -0.4 is 10.1 Å². The molecule has 0 unspecified atom stereocenters. The second kappa shape index (κ2) is 9.36. The predicted octanol–water partition coefficient (Wildman–Crippen LogP) is 2.51. The third-order valence-electron chi connectivity index (χ3n) is 3.30. The Labute approximate surface area is 148 Å². The number of alkyl halides is 2. The Morgan fingerprint density at radius 3 is 2.50 bits per heavy atom. The summed E-state index contributed by atoms with van der Waals surface area (Å²) in [4.78, 5) is 23.4. The lowest BCUT2D eigenvalue weighted by Crippen LogP contribution is -2.30. The van der Waals surface area contributed by atoms with E-state index < -0.39 is 25.1 Å². The van der Waals surface area contributed by atoms with Crippen LogP contribution in [-0.2, 0) is 16.0 Å². The van der Waals surface area contributed by atoms with E-state index in [1.54, 1.807) is 12.1 Å². The molecule has 0 aliphatic heterocycles. The first-order chi connectivity index (χ1) is 12.4. The maximum Gasteiger partial charge on any atom is 0.387 e. The molecule has 8 heteroatoms. The number of hydrogen-bond donors (Lipinski definition) is 2. The molecule has 0 saturated carbocycles. The van der Waals surface area contributed by atoms with Crippen LogP contribution in [0.3, 0.4) is 0 Å². The number of carbonyl (C=O) groups is 2. The maximum absolute atomic E-state index is 12.1. The van der Waals surface area contributed by atoms with Gasteiger partial charge in [0.25, 0.3) is 5.91 Å². The van der Waals surface area contributed by atoms with E-state index in [9.17, 15) is 23.5 Å². The van der Waals surface area contributed by atoms with Gasteiger partial charge in [0.1, 0.15) is 11.5 Å². The lowest BCUT2D eigenvalue weighted by Gasteiger charge is -2.08. The standard InChI is InChI=1S/C18H17F2NO5/c19-18(20)26-15-6-4-12(5-7-15)8-9-21-16(23)11-25-17(24)13-2-1-3-14(22)10-13/h1-7,10,18,22H,8-9,11H2,(H,21,23). The molecule has 0 fully saturated rings. The molecule has 0 saturated heterocycles. The third-order valence-corrected chi connectivity index (χ3v) is 3.30. The number of phenolic OH excluding ortho intramolecular Hbond substituents is 1. The number of ether oxygens (including phenoxy) is 2. The average Bonchev–Trinajstić information content (AvgIpc) is 2.60. The summed E-state index contributed by atoms with van der Waals surface area (Å²) in [5.41, 5.74) is 0.965. The highest BCUT2D eigenvalue weighted by atomic mass is 19.3. The van der Waals surface area contributed by atoms with Crippen LogP contribution in [0.25, 0.3) is 0 Å². The Hall–Kier alpha value is -3.16. The Morgan fingerprint density at radius 2 is 1.85 bits per heavy atom. The van der Waals surface area contributed by atoms with Gasteiger partial charge in [-0.05, 0) is 42.3 Å². The molecule has 26 heavy (non-hydrogen) atoms. The molecule has 0 bridgehead atoms. The Balaban J connectivity index is 1.69. The van der Waals surface area contributed by atoms with Crippen LogP contribution in [0.1, 0.15) is 15.9 Å². The van der Waals surface area contributed by atoms with Crippen molar-refractivity contribution in [2.45, 2.75) is 13.0 Å². The number of carbonyl (C=O) groups excluding carboxylic acids is 2. The number of esters is 1. The summed E-state index contributed by atoms with van der Waals surface area (Å²) in [5.74, 6) is -1.21. The van der Waals surface area contributed by atoms with Crippen LogP contribution in [0.2, 0.25) is 0 Å². The van der Waals surface area contributed by atoms with E-state index in [-0.39, 0.29) is 23.6 Å². The van der Waals surface area contributed by atoms with Crippen LogP contribution in [-0.4, -0.2) is 36.7 Å². The number of amides is 1. The van der Waals surface area contributed by atoms with Crippen LogP contribution in [0.5, 0.6) is 11.5 Å². The summed E-state index contributed by atoms with van der Waals surface area (Å²) in [6.07, 6.45) is 0.473. The first-order valence-corrected chi connectivity index (χ1v) is 7.70. The molecule has 1 amide bonds. The van der Waals surface area contributed by atoms with E-state index >= 15 is 0 Å². The van der Waals surface area contributed by atoms with Gasteiger partial charge in [-0.1, -0.05) is 18.2 Å². The van der Waals surface area contributed by atoms with E-state index in [4.69, 9.17) is 4.74 Å². The predicted molar refractivity (Wildman–Crippen MR) is 88.2 cm³/mol. The van der Waals surface area contributed by atoms with Crippen molar-refractivity contribution < 1.29 is 33.0 Å². The Kier molecular flexibility index (Phi) is 6.90. The van der Waals surface area contributed by atoms with Crippen LogP contribution in [0, 0.1) is 0 Å². The van der Waals surface area contributed by atoms with Gasteiger partial charge in [-0.2, -0.15) is 8.78 Å². The molecule has 0 radical (unpaired) electrons. The van der Waals surface area contributed by atoms with Crippen LogP contribution in [0.4, 0.5) is 8.78 Å². The lowest BCUT2D eigenvalue weighted by molar-refractivity contribution is -0.124. The molecule has 0 aromatic heterocycles. The average molecular weight is 365 g/mol. The zero-order valence-electron chi connectivity index (χ0n) is 13.7. The summed E-state index contributed by atoms with van der Waals surface area (Å²) >= 11 is 0. The van der Waals surface area contributed by atoms with Gasteiger partial charge in [0, 0.05) is 6.54 Å². The van der Waals surface area contributed by atoms with Gasteiger partial charge in [0.15, 0.2) is 6.61 Å². The molecule has 0 aliphatic rings. The molecular weight excluding hydrogens is 348 g/mol. The van der Waals surface area contributed by atoms with Crippen molar-refractivity contribution in [1.82, 2.24) is 5.32 Å². The zero-order chi connectivity index (χ0) is 18.9. The van der Waals surface area contributed by atoms with Crippen molar-refractivity contribution in [1.29, 1.82) is 0 Å². The number of benzene rings is 2. The molecular formula is C18H17F2NO5. The highest BCUT2D eigenvalue weighted by Crippen LogP contribution is 2.15. The zero-order valence-corrected chi connectivity index (χ0v) is 13.7. The fourth-order valence-electron chi connectivity index (χ4n) is 2.08. The highest BCUT2D eigenvalue weighted by Gasteiger charge is 2.10. The topological polar surface area (TPSA) is 84.9 Å². The molecule has 0 atom stereocenters. The SMILES string of the molecule is O=C(COC(=O)c1cccc(O)c1)NCCc1ccc(OC(F)F)cc1. The maximum atomic E-state index is 12.1. The third kappa shape index (κ3) is 6.39. The Morgan fingerprint density at radius 1 is 1.12 bits per heavy atom. The monoisotopic (exact) mass is 365 g/mol. The second-order valence-corrected chi connectivity index (χ2v) is 5.25. The summed E-state index contributed by atoms with van der Waals surface area (Å²) in [6.45, 7) is -3.03. The van der Waals surface area contributed by atoms with Gasteiger partial charge in [-0.15, -0.1) is 0 Å². The summed E-state index contributed by atoms with van der Waals surface area (Å²) in [7, 11) is 0. The lowest BCUT2D eigenvalue weighted by atomic mass is 10.1. The first-order valence-electron chi connectivity index (χ1n) is 7.70. The van der Waals surface area contributed by atoms with E-state index in [1.807, 2.05) is 0 Å². The van der Waals surface area contributed by atoms with Gasteiger partial charge in [-0.3, -0.25) is 4.79 Å². The normalized spacial score (nSPS) is 10.4. The van der Waals surface area contributed by atoms with Crippen molar-refractivity contribution in [3.05, 3.63) is 59.7 Å². The highest BCUT2D eigenvalue weighted by molar-refractivity contribution is 5.91. The molecule has 2 N–H and O–H groups in total. The minimum atomic E-state index is -2.87. The molecule has 0 aliphatic carbocycles. The summed E-state index contributed by atoms with van der Waals surface area (Å²) in [6, 6.07) is 11.7. The second-order valence-electron chi connectivity index (χ2n) is 5.25. The number of hydrogen-bond acceptors (Lipinski definition) is 5. The van der Waals surface area contributed by atoms with Gasteiger partial charge < -0.3 is 19.9 Å². The molecule has 2 aromatic rings. The number of rotatable bonds is 8. The quantitative estimate of drug-likeness (QED) is 0.702. The van der Waals surface area contributed by atoms with Crippen molar-refractivity contribution in [2.24, 2.45) is 0 Å². The number of aromatic hydroxyl groups is 1. The van der Waals surface area contributed by atoms with Crippen molar-refractivity contribution in [3.63, 3.8) is 0 Å². The van der Waals surface area contributed by atoms with E-state index in [0.29, 0.717) is 6.42 Å². The summed E-state index contributed by atoms with van der Waals surface area (Å²) < 4.78 is 33.2.